The molecule has 254 valence electrons. The third kappa shape index (κ3) is 7.92. The zero-order chi connectivity index (χ0) is 34.2. The van der Waals surface area contributed by atoms with E-state index in [1.807, 2.05) is 39.0 Å². The molecule has 1 aromatic rings. The average molecular weight is 638 g/mol. The smallest absolute Gasteiger partial charge is 0.315 e. The maximum atomic E-state index is 14.3. The number of ketones is 1. The summed E-state index contributed by atoms with van der Waals surface area (Å²) in [6.07, 6.45) is 4.82. The van der Waals surface area contributed by atoms with Crippen LogP contribution in [0.5, 0.6) is 0 Å². The van der Waals surface area contributed by atoms with Crippen molar-refractivity contribution in [3.05, 3.63) is 35.9 Å². The fourth-order valence-corrected chi connectivity index (χ4v) is 7.36. The number of rotatable bonds is 12. The van der Waals surface area contributed by atoms with E-state index in [1.54, 1.807) is 4.90 Å². The highest BCUT2D eigenvalue weighted by Crippen LogP contribution is 2.65. The van der Waals surface area contributed by atoms with Crippen molar-refractivity contribution in [2.45, 2.75) is 118 Å². The van der Waals surface area contributed by atoms with Crippen molar-refractivity contribution in [3.63, 3.8) is 0 Å². The molecule has 2 aliphatic carbocycles. The molecule has 0 bridgehead atoms. The summed E-state index contributed by atoms with van der Waals surface area (Å²) < 4.78 is 0. The number of likely N-dealkylation sites (tertiary alicyclic amines) is 1. The number of nitrogens with two attached hydrogens (primary N) is 1. The molecule has 5 amide bonds. The van der Waals surface area contributed by atoms with Crippen LogP contribution in [0, 0.1) is 34.0 Å². The third-order valence-corrected chi connectivity index (χ3v) is 10.7. The second kappa shape index (κ2) is 13.4. The zero-order valence-corrected chi connectivity index (χ0v) is 28.9. The summed E-state index contributed by atoms with van der Waals surface area (Å²) in [6.45, 7) is 16.5. The minimum atomic E-state index is -1.08. The van der Waals surface area contributed by atoms with Crippen molar-refractivity contribution in [1.29, 1.82) is 0 Å². The van der Waals surface area contributed by atoms with Crippen molar-refractivity contribution < 1.29 is 24.0 Å². The highest BCUT2D eigenvalue weighted by molar-refractivity contribution is 6.37. The standard InChI is InChI=1S/C36H55N5O5/c1-34(2,3)25(18-17-21-13-10-9-11-14-21)39-33(46)40-29(35(4,5)6)32(45)41-20-23-26(36(23,7)8)27(41)31(44)38-24(28(42)30(37)43)19-22-15-12-16-22/h9-11,13-14,22-27,29H,12,15-20H2,1-8H3,(H2,37,43)(H,38,44)(H2,39,40,46)/t23?,24?,25-,26+,27+,29-/m1/s1. The molecule has 46 heavy (non-hydrogen) atoms. The summed E-state index contributed by atoms with van der Waals surface area (Å²) >= 11 is 0. The molecule has 0 radical (unpaired) electrons. The first-order chi connectivity index (χ1) is 21.3. The second-order valence-electron chi connectivity index (χ2n) is 16.6. The number of hydrogen-bond acceptors (Lipinski definition) is 5. The molecule has 0 aromatic heterocycles. The van der Waals surface area contributed by atoms with E-state index in [-0.39, 0.29) is 40.5 Å². The fourth-order valence-electron chi connectivity index (χ4n) is 7.36. The molecule has 10 heteroatoms. The summed E-state index contributed by atoms with van der Waals surface area (Å²) in [6, 6.07) is 6.80. The molecule has 0 spiro atoms. The number of aryl methyl sites for hydroxylation is 1. The van der Waals surface area contributed by atoms with Crippen molar-refractivity contribution >= 4 is 29.5 Å². The number of nitrogens with zero attached hydrogens (tertiary/aromatic N) is 1. The van der Waals surface area contributed by atoms with Gasteiger partial charge in [-0.25, -0.2) is 4.79 Å². The van der Waals surface area contributed by atoms with Gasteiger partial charge in [0.15, 0.2) is 0 Å². The summed E-state index contributed by atoms with van der Waals surface area (Å²) in [5, 5.41) is 8.93. The Morgan fingerprint density at radius 1 is 0.935 bits per heavy atom. The lowest BCUT2D eigenvalue weighted by atomic mass is 9.80. The lowest BCUT2D eigenvalue weighted by Crippen LogP contribution is -2.62. The number of benzene rings is 1. The highest BCUT2D eigenvalue weighted by atomic mass is 16.2. The molecule has 1 aliphatic heterocycles. The lowest BCUT2D eigenvalue weighted by Gasteiger charge is -2.39. The van der Waals surface area contributed by atoms with Gasteiger partial charge in [-0.1, -0.05) is 105 Å². The molecule has 1 heterocycles. The molecule has 3 aliphatic rings. The molecule has 1 saturated heterocycles. The molecule has 10 nitrogen and oxygen atoms in total. The molecule has 1 aromatic carbocycles. The van der Waals surface area contributed by atoms with Gasteiger partial charge in [0.05, 0.1) is 6.04 Å². The maximum absolute atomic E-state index is 14.3. The van der Waals surface area contributed by atoms with E-state index < -0.39 is 47.2 Å². The van der Waals surface area contributed by atoms with Gasteiger partial charge in [0.25, 0.3) is 5.91 Å². The van der Waals surface area contributed by atoms with Crippen LogP contribution < -0.4 is 21.7 Å². The predicted molar refractivity (Wildman–Crippen MR) is 177 cm³/mol. The summed E-state index contributed by atoms with van der Waals surface area (Å²) in [5.41, 5.74) is 5.50. The van der Waals surface area contributed by atoms with E-state index >= 15 is 0 Å². The molecular formula is C36H55N5O5. The predicted octanol–water partition coefficient (Wildman–Crippen LogP) is 3.96. The Morgan fingerprint density at radius 3 is 2.09 bits per heavy atom. The minimum absolute atomic E-state index is 0.0952. The van der Waals surface area contributed by atoms with Crippen LogP contribution in [-0.2, 0) is 25.6 Å². The van der Waals surface area contributed by atoms with Crippen LogP contribution in [0.4, 0.5) is 4.79 Å². The van der Waals surface area contributed by atoms with E-state index in [1.165, 1.54) is 5.56 Å². The van der Waals surface area contributed by atoms with Crippen LogP contribution in [0.2, 0.25) is 0 Å². The highest BCUT2D eigenvalue weighted by Gasteiger charge is 2.70. The quantitative estimate of drug-likeness (QED) is 0.256. The van der Waals surface area contributed by atoms with Gasteiger partial charge in [-0.2, -0.15) is 0 Å². The number of hydrogen-bond donors (Lipinski definition) is 4. The number of primary amides is 1. The van der Waals surface area contributed by atoms with E-state index in [2.05, 4.69) is 62.7 Å². The van der Waals surface area contributed by atoms with Gasteiger partial charge < -0.3 is 26.6 Å². The molecule has 2 unspecified atom stereocenters. The molecule has 3 fully saturated rings. The molecule has 4 rings (SSSR count). The Morgan fingerprint density at radius 2 is 1.57 bits per heavy atom. The summed E-state index contributed by atoms with van der Waals surface area (Å²) in [5.74, 6) is -2.40. The first-order valence-electron chi connectivity index (χ1n) is 16.9. The Hall–Kier alpha value is -3.43. The van der Waals surface area contributed by atoms with Gasteiger partial charge in [-0.05, 0) is 58.8 Å². The number of carbonyl (C=O) groups excluding carboxylic acids is 5. The first kappa shape index (κ1) is 35.4. The van der Waals surface area contributed by atoms with E-state index in [0.717, 1.165) is 32.1 Å². The topological polar surface area (TPSA) is 151 Å². The Kier molecular flexibility index (Phi) is 10.3. The van der Waals surface area contributed by atoms with E-state index in [0.29, 0.717) is 13.0 Å². The molecule has 5 N–H and O–H groups in total. The number of Topliss-reactive ketones (excluding diaryl/α,β-unsaturated/α-hetero) is 1. The lowest BCUT2D eigenvalue weighted by molar-refractivity contribution is -0.145. The van der Waals surface area contributed by atoms with Gasteiger partial charge in [0, 0.05) is 12.6 Å². The van der Waals surface area contributed by atoms with Crippen LogP contribution in [0.3, 0.4) is 0 Å². The van der Waals surface area contributed by atoms with Crippen molar-refractivity contribution in [2.24, 2.45) is 39.7 Å². The zero-order valence-electron chi connectivity index (χ0n) is 28.9. The molecule has 6 atom stereocenters. The van der Waals surface area contributed by atoms with Crippen LogP contribution in [0.1, 0.15) is 93.1 Å². The number of urea groups is 1. The number of nitrogens with one attached hydrogen (secondary N) is 3. The molecule has 2 saturated carbocycles. The van der Waals surface area contributed by atoms with Gasteiger partial charge in [0.1, 0.15) is 12.1 Å². The normalized spacial score (nSPS) is 24.1. The maximum Gasteiger partial charge on any atom is 0.315 e. The van der Waals surface area contributed by atoms with Crippen LogP contribution >= 0.6 is 0 Å². The third-order valence-electron chi connectivity index (χ3n) is 10.7. The van der Waals surface area contributed by atoms with Crippen molar-refractivity contribution in [3.8, 4) is 0 Å². The monoisotopic (exact) mass is 637 g/mol. The Labute approximate surface area is 274 Å². The SMILES string of the molecule is CC(C)(C)[C@H](NC(=O)N[C@H](CCc1ccccc1)C(C)(C)C)C(=O)N1CC2[C@@H]([C@H]1C(=O)NC(CC1CCC1)C(=O)C(N)=O)C2(C)C. The van der Waals surface area contributed by atoms with Crippen molar-refractivity contribution in [2.75, 3.05) is 6.54 Å². The number of amides is 5. The fraction of sp³-hybridized carbons (Fsp3) is 0.694. The summed E-state index contributed by atoms with van der Waals surface area (Å²) in [4.78, 5) is 68.0. The summed E-state index contributed by atoms with van der Waals surface area (Å²) in [7, 11) is 0. The molecular weight excluding hydrogens is 582 g/mol. The second-order valence-corrected chi connectivity index (χ2v) is 16.6. The van der Waals surface area contributed by atoms with E-state index in [9.17, 15) is 24.0 Å². The Bertz CT molecular complexity index is 1310. The minimum Gasteiger partial charge on any atom is -0.363 e. The number of carbonyl (C=O) groups is 5. The van der Waals surface area contributed by atoms with Gasteiger partial charge in [-0.15, -0.1) is 0 Å². The van der Waals surface area contributed by atoms with Gasteiger partial charge in [-0.3, -0.25) is 19.2 Å². The average Bonchev–Trinajstić information content (AvgIpc) is 3.26. The van der Waals surface area contributed by atoms with Crippen LogP contribution in [-0.4, -0.2) is 65.1 Å². The van der Waals surface area contributed by atoms with Crippen molar-refractivity contribution in [1.82, 2.24) is 20.9 Å². The first-order valence-corrected chi connectivity index (χ1v) is 16.9. The van der Waals surface area contributed by atoms with Gasteiger partial charge in [0.2, 0.25) is 17.6 Å². The largest absolute Gasteiger partial charge is 0.363 e. The number of fused-ring (bicyclic) bond motifs is 1. The van der Waals surface area contributed by atoms with Gasteiger partial charge >= 0.3 is 6.03 Å². The Balaban J connectivity index is 1.50. The van der Waals surface area contributed by atoms with Crippen LogP contribution in [0.15, 0.2) is 30.3 Å². The van der Waals surface area contributed by atoms with Crippen LogP contribution in [0.25, 0.3) is 0 Å². The van der Waals surface area contributed by atoms with E-state index in [4.69, 9.17) is 5.73 Å². The number of piperidine rings is 1.